The highest BCUT2D eigenvalue weighted by atomic mass is 35.5. The maximum absolute atomic E-state index is 12.8. The smallest absolute Gasteiger partial charge is 0.325 e. The van der Waals surface area contributed by atoms with Crippen molar-refractivity contribution in [1.82, 2.24) is 4.57 Å². The van der Waals surface area contributed by atoms with Gasteiger partial charge in [-0.3, -0.25) is 19.7 Å². The number of esters is 1. The SMILES string of the molecule is COC(=O)Cn1c(=NC(=O)c2cc([N+](=O)[O-])ccc2Cl)sc2cc3c(cc21)OCCO3. The van der Waals surface area contributed by atoms with Crippen molar-refractivity contribution in [1.29, 1.82) is 0 Å². The van der Waals surface area contributed by atoms with E-state index >= 15 is 0 Å². The summed E-state index contributed by atoms with van der Waals surface area (Å²) in [5.74, 6) is -0.271. The monoisotopic (exact) mass is 463 g/mol. The van der Waals surface area contributed by atoms with Crippen molar-refractivity contribution in [2.75, 3.05) is 20.3 Å². The third kappa shape index (κ3) is 4.09. The Bertz CT molecular complexity index is 1300. The van der Waals surface area contributed by atoms with Crippen LogP contribution in [0.25, 0.3) is 10.2 Å². The quantitative estimate of drug-likeness (QED) is 0.331. The van der Waals surface area contributed by atoms with Crippen molar-refractivity contribution >= 4 is 50.7 Å². The van der Waals surface area contributed by atoms with Crippen molar-refractivity contribution in [2.45, 2.75) is 6.54 Å². The van der Waals surface area contributed by atoms with Gasteiger partial charge < -0.3 is 18.8 Å². The minimum atomic E-state index is -0.781. The molecule has 4 rings (SSSR count). The molecule has 0 saturated heterocycles. The number of ether oxygens (including phenoxy) is 3. The summed E-state index contributed by atoms with van der Waals surface area (Å²) >= 11 is 7.20. The molecule has 1 amide bonds. The van der Waals surface area contributed by atoms with Crippen molar-refractivity contribution in [3.63, 3.8) is 0 Å². The second kappa shape index (κ2) is 8.36. The first kappa shape index (κ1) is 20.8. The summed E-state index contributed by atoms with van der Waals surface area (Å²) in [5.41, 5.74) is 0.184. The van der Waals surface area contributed by atoms with Gasteiger partial charge in [-0.1, -0.05) is 22.9 Å². The van der Waals surface area contributed by atoms with Crippen LogP contribution < -0.4 is 14.3 Å². The molecule has 0 saturated carbocycles. The number of amides is 1. The molecule has 0 N–H and O–H groups in total. The van der Waals surface area contributed by atoms with Crippen LogP contribution in [0.5, 0.6) is 11.5 Å². The normalized spacial score (nSPS) is 13.3. The van der Waals surface area contributed by atoms with Gasteiger partial charge in [-0.25, -0.2) is 0 Å². The van der Waals surface area contributed by atoms with E-state index in [0.29, 0.717) is 34.9 Å². The number of benzene rings is 2. The number of thiazole rings is 1. The number of fused-ring (bicyclic) bond motifs is 2. The van der Waals surface area contributed by atoms with Crippen molar-refractivity contribution in [2.24, 2.45) is 4.99 Å². The lowest BCUT2D eigenvalue weighted by molar-refractivity contribution is -0.384. The fraction of sp³-hybridized carbons (Fsp3) is 0.211. The number of halogens is 1. The first-order chi connectivity index (χ1) is 14.9. The van der Waals surface area contributed by atoms with E-state index in [1.807, 2.05) is 0 Å². The number of nitro groups is 1. The Morgan fingerprint density at radius 1 is 1.26 bits per heavy atom. The van der Waals surface area contributed by atoms with Gasteiger partial charge in [-0.05, 0) is 6.07 Å². The fourth-order valence-electron chi connectivity index (χ4n) is 2.98. The molecule has 0 bridgehead atoms. The molecule has 0 spiro atoms. The Balaban J connectivity index is 1.87. The second-order valence-electron chi connectivity index (χ2n) is 6.35. The molecule has 31 heavy (non-hydrogen) atoms. The number of nitrogens with zero attached hydrogens (tertiary/aromatic N) is 3. The molecule has 1 aliphatic rings. The summed E-state index contributed by atoms with van der Waals surface area (Å²) in [4.78, 5) is 39.5. The lowest BCUT2D eigenvalue weighted by atomic mass is 10.2. The maximum atomic E-state index is 12.8. The summed E-state index contributed by atoms with van der Waals surface area (Å²) in [6.07, 6.45) is 0. The van der Waals surface area contributed by atoms with E-state index in [1.165, 1.54) is 23.8 Å². The molecule has 12 heteroatoms. The Kier molecular flexibility index (Phi) is 5.61. The van der Waals surface area contributed by atoms with Gasteiger partial charge in [0.05, 0.1) is 32.8 Å². The van der Waals surface area contributed by atoms with Crippen molar-refractivity contribution in [3.8, 4) is 11.5 Å². The summed E-state index contributed by atoms with van der Waals surface area (Å²) in [7, 11) is 1.25. The van der Waals surface area contributed by atoms with Crippen LogP contribution in [0, 0.1) is 10.1 Å². The van der Waals surface area contributed by atoms with Crippen LogP contribution in [0.15, 0.2) is 35.3 Å². The molecule has 0 fully saturated rings. The van der Waals surface area contributed by atoms with Crippen LogP contribution in [-0.2, 0) is 16.1 Å². The average Bonchev–Trinajstić information content (AvgIpc) is 3.07. The minimum absolute atomic E-state index is 0.0252. The third-order valence-electron chi connectivity index (χ3n) is 4.45. The number of carbonyl (C=O) groups excluding carboxylic acids is 2. The standard InChI is InChI=1S/C19H14ClN3O7S/c1-28-17(24)9-22-13-7-14-15(30-5-4-29-14)8-16(13)31-19(22)21-18(25)11-6-10(23(26)27)2-3-12(11)20/h2-3,6-8H,4-5,9H2,1H3. The Hall–Kier alpha value is -3.44. The van der Waals surface area contributed by atoms with E-state index in [0.717, 1.165) is 17.4 Å². The first-order valence-corrected chi connectivity index (χ1v) is 10.1. The van der Waals surface area contributed by atoms with Crippen LogP contribution in [-0.4, -0.2) is 41.7 Å². The number of methoxy groups -OCH3 is 1. The van der Waals surface area contributed by atoms with Gasteiger partial charge in [-0.2, -0.15) is 4.99 Å². The number of rotatable bonds is 4. The third-order valence-corrected chi connectivity index (χ3v) is 5.82. The number of non-ortho nitro benzene ring substituents is 1. The largest absolute Gasteiger partial charge is 0.486 e. The zero-order chi connectivity index (χ0) is 22.1. The van der Waals surface area contributed by atoms with Gasteiger partial charge in [-0.15, -0.1) is 0 Å². The zero-order valence-electron chi connectivity index (χ0n) is 16.0. The topological polar surface area (TPSA) is 122 Å². The van der Waals surface area contributed by atoms with Gasteiger partial charge in [0, 0.05) is 24.3 Å². The predicted molar refractivity (Wildman–Crippen MR) is 111 cm³/mol. The molecule has 0 atom stereocenters. The number of hydrogen-bond donors (Lipinski definition) is 0. The summed E-state index contributed by atoms with van der Waals surface area (Å²) in [5, 5.41) is 11.1. The van der Waals surface area contributed by atoms with E-state index in [2.05, 4.69) is 4.99 Å². The van der Waals surface area contributed by atoms with E-state index in [4.69, 9.17) is 25.8 Å². The summed E-state index contributed by atoms with van der Waals surface area (Å²) in [6.45, 7) is 0.596. The lowest BCUT2D eigenvalue weighted by Gasteiger charge is -2.18. The molecule has 2 aromatic carbocycles. The van der Waals surface area contributed by atoms with E-state index in [1.54, 1.807) is 12.1 Å². The molecule has 0 unspecified atom stereocenters. The fourth-order valence-corrected chi connectivity index (χ4v) is 4.21. The Morgan fingerprint density at radius 3 is 2.65 bits per heavy atom. The van der Waals surface area contributed by atoms with Crippen molar-refractivity contribution < 1.29 is 28.7 Å². The van der Waals surface area contributed by atoms with E-state index in [9.17, 15) is 19.7 Å². The highest BCUT2D eigenvalue weighted by Crippen LogP contribution is 2.35. The van der Waals surface area contributed by atoms with E-state index in [-0.39, 0.29) is 27.6 Å². The van der Waals surface area contributed by atoms with Gasteiger partial charge >= 0.3 is 5.97 Å². The van der Waals surface area contributed by atoms with Gasteiger partial charge in [0.25, 0.3) is 11.6 Å². The number of nitro benzene ring substituents is 1. The highest BCUT2D eigenvalue weighted by Gasteiger charge is 2.20. The van der Waals surface area contributed by atoms with Crippen molar-refractivity contribution in [3.05, 3.63) is 55.8 Å². The summed E-state index contributed by atoms with van der Waals surface area (Å²) < 4.78 is 18.2. The Morgan fingerprint density at radius 2 is 1.97 bits per heavy atom. The summed E-state index contributed by atoms with van der Waals surface area (Å²) in [6, 6.07) is 6.96. The van der Waals surface area contributed by atoms with E-state index < -0.39 is 16.8 Å². The Labute approximate surface area is 183 Å². The number of carbonyl (C=O) groups is 2. The first-order valence-electron chi connectivity index (χ1n) is 8.90. The molecule has 2 heterocycles. The molecule has 10 nitrogen and oxygen atoms in total. The van der Waals surface area contributed by atoms with Crippen LogP contribution in [0.1, 0.15) is 10.4 Å². The molecule has 3 aromatic rings. The zero-order valence-corrected chi connectivity index (χ0v) is 17.6. The maximum Gasteiger partial charge on any atom is 0.325 e. The minimum Gasteiger partial charge on any atom is -0.486 e. The number of hydrogen-bond acceptors (Lipinski definition) is 8. The molecule has 1 aromatic heterocycles. The predicted octanol–water partition coefficient (Wildman–Crippen LogP) is 2.95. The van der Waals surface area contributed by atoms with Crippen LogP contribution >= 0.6 is 22.9 Å². The molecule has 0 radical (unpaired) electrons. The molecule has 1 aliphatic heterocycles. The number of aromatic nitrogens is 1. The molecule has 0 aliphatic carbocycles. The van der Waals surface area contributed by atoms with Gasteiger partial charge in [0.15, 0.2) is 16.3 Å². The van der Waals surface area contributed by atoms with Crippen LogP contribution in [0.4, 0.5) is 5.69 Å². The second-order valence-corrected chi connectivity index (χ2v) is 7.77. The van der Waals surface area contributed by atoms with Gasteiger partial charge in [0.1, 0.15) is 19.8 Å². The van der Waals surface area contributed by atoms with Crippen LogP contribution in [0.2, 0.25) is 5.02 Å². The highest BCUT2D eigenvalue weighted by molar-refractivity contribution is 7.16. The molecular weight excluding hydrogens is 450 g/mol. The lowest BCUT2D eigenvalue weighted by Crippen LogP contribution is -2.22. The van der Waals surface area contributed by atoms with Gasteiger partial charge in [0.2, 0.25) is 0 Å². The molecular formula is C19H14ClN3O7S. The van der Waals surface area contributed by atoms with Crippen LogP contribution in [0.3, 0.4) is 0 Å². The molecule has 160 valence electrons. The average molecular weight is 464 g/mol.